The Hall–Kier alpha value is -3.59. The van der Waals surface area contributed by atoms with E-state index in [0.29, 0.717) is 39.0 Å². The highest BCUT2D eigenvalue weighted by molar-refractivity contribution is 6.33. The van der Waals surface area contributed by atoms with E-state index in [9.17, 15) is 26.3 Å². The van der Waals surface area contributed by atoms with Gasteiger partial charge in [0.1, 0.15) is 11.3 Å². The molecule has 0 spiro atoms. The Morgan fingerprint density at radius 1 is 0.882 bits per heavy atom. The van der Waals surface area contributed by atoms with Crippen molar-refractivity contribution in [1.29, 1.82) is 0 Å². The van der Waals surface area contributed by atoms with Crippen LogP contribution in [0.25, 0.3) is 45.8 Å². The van der Waals surface area contributed by atoms with Crippen LogP contribution in [0.3, 0.4) is 0 Å². The van der Waals surface area contributed by atoms with Gasteiger partial charge in [-0.1, -0.05) is 43.0 Å². The van der Waals surface area contributed by atoms with Crippen LogP contribution in [0.5, 0.6) is 0 Å². The van der Waals surface area contributed by atoms with Crippen molar-refractivity contribution in [1.82, 2.24) is 15.0 Å². The second kappa shape index (κ2) is 8.32. The van der Waals surface area contributed by atoms with Crippen molar-refractivity contribution in [2.24, 2.45) is 0 Å². The van der Waals surface area contributed by atoms with E-state index in [-0.39, 0.29) is 11.9 Å². The lowest BCUT2D eigenvalue weighted by Crippen LogP contribution is -2.11. The van der Waals surface area contributed by atoms with Gasteiger partial charge in [-0.15, -0.1) is 0 Å². The molecule has 0 unspecified atom stereocenters. The highest BCUT2D eigenvalue weighted by Gasteiger charge is 2.39. The number of alkyl halides is 6. The fourth-order valence-electron chi connectivity index (χ4n) is 3.70. The largest absolute Gasteiger partial charge is 0.418 e. The van der Waals surface area contributed by atoms with Crippen LogP contribution < -0.4 is 0 Å². The lowest BCUT2D eigenvalue weighted by Gasteiger charge is -2.14. The number of fused-ring (bicyclic) bond motifs is 1. The molecule has 0 aliphatic heterocycles. The van der Waals surface area contributed by atoms with E-state index < -0.39 is 34.5 Å². The molecule has 0 radical (unpaired) electrons. The van der Waals surface area contributed by atoms with Gasteiger partial charge in [-0.25, -0.2) is 4.98 Å². The number of pyridine rings is 1. The predicted octanol–water partition coefficient (Wildman–Crippen LogP) is 8.27. The highest BCUT2D eigenvalue weighted by atomic mass is 35.5. The zero-order chi connectivity index (χ0) is 24.8. The Balaban J connectivity index is 1.99. The lowest BCUT2D eigenvalue weighted by atomic mass is 9.93. The van der Waals surface area contributed by atoms with Crippen molar-refractivity contribution < 1.29 is 26.3 Å². The van der Waals surface area contributed by atoms with Gasteiger partial charge >= 0.3 is 12.4 Å². The topological polar surface area (TPSA) is 41.6 Å². The maximum atomic E-state index is 13.6. The summed E-state index contributed by atoms with van der Waals surface area (Å²) in [4.78, 5) is 10.9. The van der Waals surface area contributed by atoms with Crippen LogP contribution in [0.1, 0.15) is 22.3 Å². The SMILES string of the molecule is C=Cc1c(-c2nc3c(C(F)(F)F)cc(C(F)(F)F)cc3[nH]2)ccc(-c2ncccc2Cl)c1C=C. The predicted molar refractivity (Wildman–Crippen MR) is 120 cm³/mol. The third-order valence-electron chi connectivity index (χ3n) is 5.18. The number of aromatic nitrogens is 3. The molecule has 4 aromatic rings. The summed E-state index contributed by atoms with van der Waals surface area (Å²) < 4.78 is 80.4. The number of benzene rings is 2. The van der Waals surface area contributed by atoms with Gasteiger partial charge in [-0.05, 0) is 41.5 Å². The first-order chi connectivity index (χ1) is 16.0. The Bertz CT molecular complexity index is 1430. The van der Waals surface area contributed by atoms with Crippen molar-refractivity contribution >= 4 is 34.8 Å². The Labute approximate surface area is 194 Å². The molecule has 0 aliphatic carbocycles. The number of aromatic amines is 1. The summed E-state index contributed by atoms with van der Waals surface area (Å²) in [6.45, 7) is 7.56. The van der Waals surface area contributed by atoms with Crippen LogP contribution in [0, 0.1) is 0 Å². The number of rotatable bonds is 4. The molecule has 0 atom stereocenters. The molecule has 0 amide bonds. The van der Waals surface area contributed by atoms with Crippen molar-refractivity contribution in [3.8, 4) is 22.6 Å². The summed E-state index contributed by atoms with van der Waals surface area (Å²) in [5.41, 5.74) is -1.61. The van der Waals surface area contributed by atoms with E-state index in [2.05, 4.69) is 28.1 Å². The van der Waals surface area contributed by atoms with E-state index in [1.807, 2.05) is 0 Å². The minimum absolute atomic E-state index is 0.0582. The summed E-state index contributed by atoms with van der Waals surface area (Å²) in [5.74, 6) is -0.0588. The maximum Gasteiger partial charge on any atom is 0.418 e. The van der Waals surface area contributed by atoms with Crippen LogP contribution in [-0.4, -0.2) is 15.0 Å². The molecule has 2 heterocycles. The summed E-state index contributed by atoms with van der Waals surface area (Å²) in [6.07, 6.45) is -5.51. The quantitative estimate of drug-likeness (QED) is 0.291. The van der Waals surface area contributed by atoms with Crippen LogP contribution in [0.4, 0.5) is 26.3 Å². The summed E-state index contributed by atoms with van der Waals surface area (Å²) in [7, 11) is 0. The van der Waals surface area contributed by atoms with E-state index in [4.69, 9.17) is 11.6 Å². The first kappa shape index (κ1) is 23.6. The van der Waals surface area contributed by atoms with E-state index in [1.54, 1.807) is 30.5 Å². The first-order valence-corrected chi connectivity index (χ1v) is 10.0. The summed E-state index contributed by atoms with van der Waals surface area (Å²) >= 11 is 6.27. The van der Waals surface area contributed by atoms with Crippen LogP contribution in [0.15, 0.2) is 55.8 Å². The number of hydrogen-bond acceptors (Lipinski definition) is 2. The Kier molecular flexibility index (Phi) is 5.77. The smallest absolute Gasteiger partial charge is 0.338 e. The molecule has 1 N–H and O–H groups in total. The van der Waals surface area contributed by atoms with Crippen LogP contribution in [-0.2, 0) is 12.4 Å². The minimum Gasteiger partial charge on any atom is -0.338 e. The van der Waals surface area contributed by atoms with E-state index in [0.717, 1.165) is 0 Å². The molecule has 10 heteroatoms. The Morgan fingerprint density at radius 3 is 2.12 bits per heavy atom. The number of nitrogens with one attached hydrogen (secondary N) is 1. The zero-order valence-corrected chi connectivity index (χ0v) is 17.9. The normalized spacial score (nSPS) is 12.2. The third kappa shape index (κ3) is 4.07. The van der Waals surface area contributed by atoms with Crippen molar-refractivity contribution in [3.05, 3.63) is 83.0 Å². The van der Waals surface area contributed by atoms with Gasteiger partial charge in [-0.2, -0.15) is 26.3 Å². The van der Waals surface area contributed by atoms with E-state index >= 15 is 0 Å². The molecule has 0 saturated heterocycles. The average molecular weight is 494 g/mol. The van der Waals surface area contributed by atoms with Crippen molar-refractivity contribution in [2.75, 3.05) is 0 Å². The van der Waals surface area contributed by atoms with Crippen LogP contribution in [0.2, 0.25) is 5.02 Å². The fraction of sp³-hybridized carbons (Fsp3) is 0.0833. The lowest BCUT2D eigenvalue weighted by molar-refractivity contribution is -0.142. The van der Waals surface area contributed by atoms with Gasteiger partial charge in [0.2, 0.25) is 0 Å². The number of hydrogen-bond donors (Lipinski definition) is 1. The monoisotopic (exact) mass is 493 g/mol. The summed E-state index contributed by atoms with van der Waals surface area (Å²) in [5, 5.41) is 0.367. The average Bonchev–Trinajstić information content (AvgIpc) is 3.20. The number of imidazole rings is 1. The van der Waals surface area contributed by atoms with Crippen LogP contribution >= 0.6 is 11.6 Å². The molecule has 4 rings (SSSR count). The number of H-pyrrole nitrogens is 1. The number of halogens is 7. The minimum atomic E-state index is -5.04. The van der Waals surface area contributed by atoms with Crippen molar-refractivity contribution in [3.63, 3.8) is 0 Å². The second-order valence-corrected chi connectivity index (χ2v) is 7.64. The molecule has 0 bridgehead atoms. The van der Waals surface area contributed by atoms with Gasteiger partial charge in [0, 0.05) is 17.3 Å². The van der Waals surface area contributed by atoms with Gasteiger partial charge in [-0.3, -0.25) is 4.98 Å². The van der Waals surface area contributed by atoms with Crippen molar-refractivity contribution in [2.45, 2.75) is 12.4 Å². The molecule has 0 saturated carbocycles. The third-order valence-corrected chi connectivity index (χ3v) is 5.49. The standard InChI is InChI=1S/C24H14ClF6N3/c1-3-13-14(4-2)16(8-7-15(13)20-18(25)6-5-9-32-20)22-33-19-11-12(23(26,27)28)10-17(21(19)34-22)24(29,30)31/h3-11H,1-2H2,(H,33,34). The molecular weight excluding hydrogens is 480 g/mol. The molecule has 2 aromatic heterocycles. The second-order valence-electron chi connectivity index (χ2n) is 7.23. The molecular formula is C24H14ClF6N3. The molecule has 34 heavy (non-hydrogen) atoms. The summed E-state index contributed by atoms with van der Waals surface area (Å²) in [6, 6.07) is 7.15. The van der Waals surface area contributed by atoms with Gasteiger partial charge < -0.3 is 4.98 Å². The van der Waals surface area contributed by atoms with E-state index in [1.165, 1.54) is 12.2 Å². The highest BCUT2D eigenvalue weighted by Crippen LogP contribution is 2.41. The van der Waals surface area contributed by atoms with Gasteiger partial charge in [0.05, 0.1) is 27.4 Å². The fourth-order valence-corrected chi connectivity index (χ4v) is 3.92. The molecule has 2 aromatic carbocycles. The number of nitrogens with zero attached hydrogens (tertiary/aromatic N) is 2. The zero-order valence-electron chi connectivity index (χ0n) is 17.2. The molecule has 174 valence electrons. The van der Waals surface area contributed by atoms with Gasteiger partial charge in [0.25, 0.3) is 0 Å². The van der Waals surface area contributed by atoms with Gasteiger partial charge in [0.15, 0.2) is 0 Å². The Morgan fingerprint density at radius 2 is 1.53 bits per heavy atom. The molecule has 3 nitrogen and oxygen atoms in total. The molecule has 0 aliphatic rings. The first-order valence-electron chi connectivity index (χ1n) is 9.67. The molecule has 0 fully saturated rings. The maximum absolute atomic E-state index is 13.6.